The first kappa shape index (κ1) is 12.3. The molecule has 4 nitrogen and oxygen atoms in total. The highest BCUT2D eigenvalue weighted by atomic mass is 35.5. The Balaban J connectivity index is 2.01. The fourth-order valence-corrected chi connectivity index (χ4v) is 2.17. The van der Waals surface area contributed by atoms with E-state index in [4.69, 9.17) is 21.1 Å². The van der Waals surface area contributed by atoms with Crippen molar-refractivity contribution in [3.05, 3.63) is 29.0 Å². The summed E-state index contributed by atoms with van der Waals surface area (Å²) >= 11 is 5.79. The number of carbonyl (C=O) groups excluding carboxylic acids is 1. The lowest BCUT2D eigenvalue weighted by Gasteiger charge is -2.18. The normalized spacial score (nSPS) is 23.6. The Hall–Kier alpha value is -1.13. The molecule has 1 aliphatic rings. The van der Waals surface area contributed by atoms with E-state index in [1.165, 1.54) is 12.3 Å². The predicted molar refractivity (Wildman–Crippen MR) is 63.1 cm³/mol. The summed E-state index contributed by atoms with van der Waals surface area (Å²) in [7, 11) is 1.63. The minimum Gasteiger partial charge on any atom is -0.455 e. The zero-order valence-corrected chi connectivity index (χ0v) is 10.3. The van der Waals surface area contributed by atoms with Gasteiger partial charge in [-0.05, 0) is 31.4 Å². The standard InChI is InChI=1S/C12H14ClNO3/c1-16-10-3-2-4-11(10)17-12(15)9-7-8(13)5-6-14-9/h5-7,10-11H,2-4H2,1H3/t10-,11+/m1/s1. The van der Waals surface area contributed by atoms with Crippen LogP contribution < -0.4 is 0 Å². The molecule has 0 bridgehead atoms. The van der Waals surface area contributed by atoms with E-state index in [-0.39, 0.29) is 17.9 Å². The van der Waals surface area contributed by atoms with Crippen LogP contribution in [0.3, 0.4) is 0 Å². The molecule has 0 saturated heterocycles. The molecule has 1 saturated carbocycles. The number of ether oxygens (including phenoxy) is 2. The van der Waals surface area contributed by atoms with Crippen molar-refractivity contribution in [3.63, 3.8) is 0 Å². The zero-order chi connectivity index (χ0) is 12.3. The van der Waals surface area contributed by atoms with Crippen molar-refractivity contribution in [1.29, 1.82) is 0 Å². The van der Waals surface area contributed by atoms with E-state index < -0.39 is 5.97 Å². The maximum absolute atomic E-state index is 11.8. The number of esters is 1. The molecular weight excluding hydrogens is 242 g/mol. The molecular formula is C12H14ClNO3. The third-order valence-electron chi connectivity index (χ3n) is 2.88. The number of rotatable bonds is 3. The molecule has 1 aromatic rings. The summed E-state index contributed by atoms with van der Waals surface area (Å²) in [5.41, 5.74) is 0.235. The Labute approximate surface area is 105 Å². The van der Waals surface area contributed by atoms with Gasteiger partial charge in [-0.3, -0.25) is 0 Å². The number of nitrogens with zero attached hydrogens (tertiary/aromatic N) is 1. The monoisotopic (exact) mass is 255 g/mol. The van der Waals surface area contributed by atoms with Crippen molar-refractivity contribution in [3.8, 4) is 0 Å². The van der Waals surface area contributed by atoms with Gasteiger partial charge in [0.05, 0.1) is 6.10 Å². The van der Waals surface area contributed by atoms with Crippen molar-refractivity contribution >= 4 is 17.6 Å². The number of hydrogen-bond donors (Lipinski definition) is 0. The summed E-state index contributed by atoms with van der Waals surface area (Å²) in [5, 5.41) is 0.474. The third-order valence-corrected chi connectivity index (χ3v) is 3.12. The van der Waals surface area contributed by atoms with Crippen molar-refractivity contribution < 1.29 is 14.3 Å². The van der Waals surface area contributed by atoms with Crippen LogP contribution >= 0.6 is 11.6 Å². The molecule has 1 aliphatic carbocycles. The molecule has 0 unspecified atom stereocenters. The average Bonchev–Trinajstić information content (AvgIpc) is 2.76. The fraction of sp³-hybridized carbons (Fsp3) is 0.500. The van der Waals surface area contributed by atoms with Gasteiger partial charge in [0.15, 0.2) is 0 Å². The molecule has 1 fully saturated rings. The highest BCUT2D eigenvalue weighted by molar-refractivity contribution is 6.30. The lowest BCUT2D eigenvalue weighted by Crippen LogP contribution is -2.28. The lowest BCUT2D eigenvalue weighted by atomic mass is 10.2. The fourth-order valence-electron chi connectivity index (χ4n) is 2.01. The Bertz CT molecular complexity index is 410. The number of halogens is 1. The lowest BCUT2D eigenvalue weighted by molar-refractivity contribution is -0.0210. The number of carbonyl (C=O) groups is 1. The van der Waals surface area contributed by atoms with E-state index in [9.17, 15) is 4.79 Å². The van der Waals surface area contributed by atoms with Gasteiger partial charge in [-0.15, -0.1) is 0 Å². The minimum atomic E-state index is -0.443. The first-order valence-corrected chi connectivity index (χ1v) is 5.94. The third kappa shape index (κ3) is 2.96. The summed E-state index contributed by atoms with van der Waals surface area (Å²) < 4.78 is 10.6. The molecule has 0 radical (unpaired) electrons. The topological polar surface area (TPSA) is 48.4 Å². The molecule has 92 valence electrons. The Morgan fingerprint density at radius 3 is 2.94 bits per heavy atom. The molecule has 5 heteroatoms. The van der Waals surface area contributed by atoms with Gasteiger partial charge in [0.25, 0.3) is 0 Å². The number of aromatic nitrogens is 1. The van der Waals surface area contributed by atoms with Crippen LogP contribution in [0.4, 0.5) is 0 Å². The van der Waals surface area contributed by atoms with E-state index in [2.05, 4.69) is 4.98 Å². The van der Waals surface area contributed by atoms with Gasteiger partial charge in [-0.2, -0.15) is 0 Å². The van der Waals surface area contributed by atoms with E-state index in [1.54, 1.807) is 13.2 Å². The maximum atomic E-state index is 11.8. The quantitative estimate of drug-likeness (QED) is 0.779. The summed E-state index contributed by atoms with van der Waals surface area (Å²) in [6, 6.07) is 3.12. The molecule has 0 amide bonds. The highest BCUT2D eigenvalue weighted by Crippen LogP contribution is 2.25. The van der Waals surface area contributed by atoms with Crippen LogP contribution in [0.15, 0.2) is 18.3 Å². The number of hydrogen-bond acceptors (Lipinski definition) is 4. The Morgan fingerprint density at radius 2 is 2.24 bits per heavy atom. The van der Waals surface area contributed by atoms with Crippen LogP contribution in [0.2, 0.25) is 5.02 Å². The molecule has 0 aromatic carbocycles. The second-order valence-electron chi connectivity index (χ2n) is 4.01. The Morgan fingerprint density at radius 1 is 1.47 bits per heavy atom. The molecule has 0 aliphatic heterocycles. The molecule has 0 N–H and O–H groups in total. The predicted octanol–water partition coefficient (Wildman–Crippen LogP) is 2.46. The van der Waals surface area contributed by atoms with Crippen molar-refractivity contribution in [2.24, 2.45) is 0 Å². The number of pyridine rings is 1. The smallest absolute Gasteiger partial charge is 0.357 e. The second-order valence-corrected chi connectivity index (χ2v) is 4.44. The van der Waals surface area contributed by atoms with Crippen LogP contribution in [0, 0.1) is 0 Å². The Kier molecular flexibility index (Phi) is 3.97. The van der Waals surface area contributed by atoms with Gasteiger partial charge in [0.1, 0.15) is 11.8 Å². The SMILES string of the molecule is CO[C@@H]1CCC[C@@H]1OC(=O)c1cc(Cl)ccn1. The number of methoxy groups -OCH3 is 1. The van der Waals surface area contributed by atoms with Crippen LogP contribution in [-0.4, -0.2) is 30.3 Å². The zero-order valence-electron chi connectivity index (χ0n) is 9.56. The maximum Gasteiger partial charge on any atom is 0.357 e. The molecule has 2 rings (SSSR count). The molecule has 1 heterocycles. The first-order chi connectivity index (χ1) is 8.20. The second kappa shape index (κ2) is 5.47. The van der Waals surface area contributed by atoms with E-state index in [1.807, 2.05) is 0 Å². The molecule has 0 spiro atoms. The minimum absolute atomic E-state index is 0.00173. The van der Waals surface area contributed by atoms with E-state index in [0.29, 0.717) is 5.02 Å². The molecule has 17 heavy (non-hydrogen) atoms. The van der Waals surface area contributed by atoms with Crippen LogP contribution in [0.5, 0.6) is 0 Å². The van der Waals surface area contributed by atoms with Crippen LogP contribution in [-0.2, 0) is 9.47 Å². The summed E-state index contributed by atoms with van der Waals surface area (Å²) in [6.07, 6.45) is 4.09. The summed E-state index contributed by atoms with van der Waals surface area (Å²) in [5.74, 6) is -0.443. The summed E-state index contributed by atoms with van der Waals surface area (Å²) in [4.78, 5) is 15.7. The van der Waals surface area contributed by atoms with Gasteiger partial charge >= 0.3 is 5.97 Å². The van der Waals surface area contributed by atoms with Gasteiger partial charge in [-0.1, -0.05) is 11.6 Å². The molecule has 2 atom stereocenters. The van der Waals surface area contributed by atoms with E-state index in [0.717, 1.165) is 19.3 Å². The summed E-state index contributed by atoms with van der Waals surface area (Å²) in [6.45, 7) is 0. The molecule has 1 aromatic heterocycles. The largest absolute Gasteiger partial charge is 0.455 e. The van der Waals surface area contributed by atoms with Gasteiger partial charge < -0.3 is 9.47 Å². The van der Waals surface area contributed by atoms with Gasteiger partial charge in [-0.25, -0.2) is 9.78 Å². The van der Waals surface area contributed by atoms with Crippen LogP contribution in [0.1, 0.15) is 29.8 Å². The first-order valence-electron chi connectivity index (χ1n) is 5.56. The average molecular weight is 256 g/mol. The van der Waals surface area contributed by atoms with E-state index >= 15 is 0 Å². The van der Waals surface area contributed by atoms with Gasteiger partial charge in [0.2, 0.25) is 0 Å². The van der Waals surface area contributed by atoms with Crippen LogP contribution in [0.25, 0.3) is 0 Å². The van der Waals surface area contributed by atoms with Crippen molar-refractivity contribution in [1.82, 2.24) is 4.98 Å². The van der Waals surface area contributed by atoms with Gasteiger partial charge in [0, 0.05) is 18.3 Å². The van der Waals surface area contributed by atoms with Crippen molar-refractivity contribution in [2.75, 3.05) is 7.11 Å². The highest BCUT2D eigenvalue weighted by Gasteiger charge is 2.30. The van der Waals surface area contributed by atoms with Crippen molar-refractivity contribution in [2.45, 2.75) is 31.5 Å².